The summed E-state index contributed by atoms with van der Waals surface area (Å²) in [6, 6.07) is -0.224. The Bertz CT molecular complexity index is 483. The molecule has 0 aliphatic carbocycles. The summed E-state index contributed by atoms with van der Waals surface area (Å²) in [5.41, 5.74) is 0.951. The van der Waals surface area contributed by atoms with Crippen LogP contribution in [0.15, 0.2) is 0 Å². The van der Waals surface area contributed by atoms with Crippen LogP contribution in [-0.4, -0.2) is 53.3 Å². The number of nitrogens with one attached hydrogen (secondary N) is 1. The molecule has 2 rings (SSSR count). The lowest BCUT2D eigenvalue weighted by atomic mass is 10.2. The van der Waals surface area contributed by atoms with Gasteiger partial charge in [0.15, 0.2) is 3.95 Å². The molecule has 0 aromatic carbocycles. The van der Waals surface area contributed by atoms with Crippen LogP contribution in [0.3, 0.4) is 0 Å². The number of hydrogen-bond acceptors (Lipinski definition) is 5. The van der Waals surface area contributed by atoms with Gasteiger partial charge in [-0.05, 0) is 19.1 Å². The number of carbonyl (C=O) groups is 1. The zero-order chi connectivity index (χ0) is 13.1. The molecule has 2 heterocycles. The molecular formula is C11H16N2O3S2. The van der Waals surface area contributed by atoms with Crippen molar-refractivity contribution in [3.63, 3.8) is 0 Å². The minimum absolute atomic E-state index is 0.0192. The van der Waals surface area contributed by atoms with Gasteiger partial charge in [-0.3, -0.25) is 4.79 Å². The van der Waals surface area contributed by atoms with Gasteiger partial charge in [0.05, 0.1) is 32.3 Å². The van der Waals surface area contributed by atoms with Crippen molar-refractivity contribution in [1.82, 2.24) is 9.88 Å². The molecule has 1 atom stereocenters. The standard InChI is InChI=1S/C11H16N2O3S2/c1-7-9(18-11(17)12-7)4-10(15)13-2-3-16-6-8(13)5-14/h8,14H,2-6H2,1H3,(H,12,17). The Morgan fingerprint density at radius 2 is 2.50 bits per heavy atom. The first-order valence-corrected chi connectivity index (χ1v) is 7.01. The van der Waals surface area contributed by atoms with E-state index in [0.717, 1.165) is 10.6 Å². The van der Waals surface area contributed by atoms with Crippen LogP contribution in [0, 0.1) is 10.9 Å². The van der Waals surface area contributed by atoms with E-state index in [0.29, 0.717) is 30.1 Å². The van der Waals surface area contributed by atoms with Crippen LogP contribution in [0.1, 0.15) is 10.6 Å². The Kier molecular flexibility index (Phi) is 4.50. The lowest BCUT2D eigenvalue weighted by Gasteiger charge is -2.34. The van der Waals surface area contributed by atoms with Crippen molar-refractivity contribution >= 4 is 29.5 Å². The third-order valence-corrected chi connectivity index (χ3v) is 4.33. The van der Waals surface area contributed by atoms with Gasteiger partial charge >= 0.3 is 0 Å². The van der Waals surface area contributed by atoms with E-state index >= 15 is 0 Å². The molecule has 1 aliphatic rings. The second-order valence-electron chi connectivity index (χ2n) is 4.24. The molecule has 0 bridgehead atoms. The number of aromatic nitrogens is 1. The van der Waals surface area contributed by atoms with Crippen molar-refractivity contribution < 1.29 is 14.6 Å². The van der Waals surface area contributed by atoms with Crippen LogP contribution in [0.2, 0.25) is 0 Å². The SMILES string of the molecule is Cc1[nH]c(=S)sc1CC(=O)N1CCOCC1CO. The maximum atomic E-state index is 12.2. The summed E-state index contributed by atoms with van der Waals surface area (Å²) in [5.74, 6) is 0.0192. The molecule has 1 saturated heterocycles. The fourth-order valence-electron chi connectivity index (χ4n) is 1.98. The highest BCUT2D eigenvalue weighted by Gasteiger charge is 2.27. The minimum Gasteiger partial charge on any atom is -0.394 e. The number of aromatic amines is 1. The third kappa shape index (κ3) is 2.97. The van der Waals surface area contributed by atoms with Gasteiger partial charge in [0.2, 0.25) is 5.91 Å². The van der Waals surface area contributed by atoms with Gasteiger partial charge in [-0.2, -0.15) is 0 Å². The second-order valence-corrected chi connectivity index (χ2v) is 6.01. The highest BCUT2D eigenvalue weighted by atomic mass is 32.1. The summed E-state index contributed by atoms with van der Waals surface area (Å²) in [4.78, 5) is 17.9. The molecule has 18 heavy (non-hydrogen) atoms. The number of ether oxygens (including phenoxy) is 1. The van der Waals surface area contributed by atoms with Gasteiger partial charge in [-0.1, -0.05) is 0 Å². The highest BCUT2D eigenvalue weighted by Crippen LogP contribution is 2.17. The summed E-state index contributed by atoms with van der Waals surface area (Å²) in [6.07, 6.45) is 0.333. The molecule has 5 nitrogen and oxygen atoms in total. The molecule has 0 radical (unpaired) electrons. The Morgan fingerprint density at radius 3 is 3.11 bits per heavy atom. The molecule has 100 valence electrons. The van der Waals surface area contributed by atoms with E-state index in [2.05, 4.69) is 4.98 Å². The molecule has 0 spiro atoms. The van der Waals surface area contributed by atoms with Gasteiger partial charge in [-0.25, -0.2) is 0 Å². The lowest BCUT2D eigenvalue weighted by molar-refractivity contribution is -0.140. The van der Waals surface area contributed by atoms with E-state index in [-0.39, 0.29) is 18.6 Å². The monoisotopic (exact) mass is 288 g/mol. The second kappa shape index (κ2) is 5.92. The van der Waals surface area contributed by atoms with Gasteiger partial charge in [-0.15, -0.1) is 11.3 Å². The van der Waals surface area contributed by atoms with E-state index in [1.54, 1.807) is 4.90 Å². The van der Waals surface area contributed by atoms with E-state index in [9.17, 15) is 9.90 Å². The predicted octanol–water partition coefficient (Wildman–Crippen LogP) is 0.876. The number of aryl methyl sites for hydroxylation is 1. The maximum Gasteiger partial charge on any atom is 0.228 e. The smallest absolute Gasteiger partial charge is 0.228 e. The number of carbonyl (C=O) groups excluding carboxylic acids is 1. The highest BCUT2D eigenvalue weighted by molar-refractivity contribution is 7.73. The average molecular weight is 288 g/mol. The molecule has 0 saturated carbocycles. The van der Waals surface area contributed by atoms with E-state index < -0.39 is 0 Å². The van der Waals surface area contributed by atoms with Gasteiger partial charge in [0.1, 0.15) is 0 Å². The molecular weight excluding hydrogens is 272 g/mol. The van der Waals surface area contributed by atoms with Crippen molar-refractivity contribution in [1.29, 1.82) is 0 Å². The fraction of sp³-hybridized carbons (Fsp3) is 0.636. The topological polar surface area (TPSA) is 65.6 Å². The Hall–Kier alpha value is -0.760. The molecule has 1 aromatic rings. The molecule has 1 amide bonds. The number of aliphatic hydroxyl groups excluding tert-OH is 1. The summed E-state index contributed by atoms with van der Waals surface area (Å²) in [7, 11) is 0. The fourth-order valence-corrected chi connectivity index (χ4v) is 3.26. The van der Waals surface area contributed by atoms with Crippen molar-refractivity contribution in [2.75, 3.05) is 26.4 Å². The molecule has 1 aliphatic heterocycles. The van der Waals surface area contributed by atoms with Crippen LogP contribution < -0.4 is 0 Å². The predicted molar refractivity (Wildman–Crippen MR) is 71.4 cm³/mol. The quantitative estimate of drug-likeness (QED) is 0.810. The van der Waals surface area contributed by atoms with E-state index in [1.165, 1.54) is 11.3 Å². The Morgan fingerprint density at radius 1 is 1.72 bits per heavy atom. The number of morpholine rings is 1. The van der Waals surface area contributed by atoms with Crippen molar-refractivity contribution in [3.8, 4) is 0 Å². The number of rotatable bonds is 3. The van der Waals surface area contributed by atoms with Crippen molar-refractivity contribution in [2.24, 2.45) is 0 Å². The van der Waals surface area contributed by atoms with Gasteiger partial charge < -0.3 is 19.7 Å². The van der Waals surface area contributed by atoms with Crippen LogP contribution in [0.4, 0.5) is 0 Å². The van der Waals surface area contributed by atoms with Crippen LogP contribution >= 0.6 is 23.6 Å². The van der Waals surface area contributed by atoms with Crippen LogP contribution in [-0.2, 0) is 16.0 Å². The number of hydrogen-bond donors (Lipinski definition) is 2. The number of thiazole rings is 1. The van der Waals surface area contributed by atoms with Crippen LogP contribution in [0.25, 0.3) is 0 Å². The molecule has 7 heteroatoms. The first kappa shape index (κ1) is 13.7. The molecule has 1 fully saturated rings. The number of H-pyrrole nitrogens is 1. The zero-order valence-electron chi connectivity index (χ0n) is 10.1. The first-order chi connectivity index (χ1) is 8.61. The lowest BCUT2D eigenvalue weighted by Crippen LogP contribution is -2.50. The van der Waals surface area contributed by atoms with E-state index in [1.807, 2.05) is 6.92 Å². The number of amides is 1. The van der Waals surface area contributed by atoms with Crippen LogP contribution in [0.5, 0.6) is 0 Å². The van der Waals surface area contributed by atoms with Gasteiger partial charge in [0, 0.05) is 17.1 Å². The molecule has 1 aromatic heterocycles. The number of aliphatic hydroxyl groups is 1. The first-order valence-electron chi connectivity index (χ1n) is 5.78. The maximum absolute atomic E-state index is 12.2. The van der Waals surface area contributed by atoms with E-state index in [4.69, 9.17) is 17.0 Å². The summed E-state index contributed by atoms with van der Waals surface area (Å²) in [6.45, 7) is 3.33. The Balaban J connectivity index is 2.06. The normalized spacial score (nSPS) is 20.1. The number of nitrogens with zero attached hydrogens (tertiary/aromatic N) is 1. The third-order valence-electron chi connectivity index (χ3n) is 2.99. The minimum atomic E-state index is -0.224. The zero-order valence-corrected chi connectivity index (χ0v) is 11.8. The molecule has 1 unspecified atom stereocenters. The largest absolute Gasteiger partial charge is 0.394 e. The summed E-state index contributed by atoms with van der Waals surface area (Å²) in [5, 5.41) is 9.24. The average Bonchev–Trinajstić information content (AvgIpc) is 2.67. The van der Waals surface area contributed by atoms with Crippen molar-refractivity contribution in [3.05, 3.63) is 14.5 Å². The summed E-state index contributed by atoms with van der Waals surface area (Å²) >= 11 is 6.49. The van der Waals surface area contributed by atoms with Gasteiger partial charge in [0.25, 0.3) is 0 Å². The Labute approximate surface area is 114 Å². The van der Waals surface area contributed by atoms with Crippen molar-refractivity contribution in [2.45, 2.75) is 19.4 Å². The molecule has 2 N–H and O–H groups in total. The summed E-state index contributed by atoms with van der Waals surface area (Å²) < 4.78 is 5.95.